The Balaban J connectivity index is 1.75. The molecule has 0 amide bonds. The Labute approximate surface area is 186 Å². The predicted octanol–water partition coefficient (Wildman–Crippen LogP) is 5.51. The molecular weight excluding hydrogens is 428 g/mol. The summed E-state index contributed by atoms with van der Waals surface area (Å²) in [5.74, 6) is -0.487. The van der Waals surface area contributed by atoms with Gasteiger partial charge in [0.2, 0.25) is 0 Å². The molecule has 1 atom stereocenters. The number of hydrogen-bond acceptors (Lipinski definition) is 6. The molecule has 1 saturated carbocycles. The fourth-order valence-corrected chi connectivity index (χ4v) is 5.19. The van der Waals surface area contributed by atoms with Gasteiger partial charge in [-0.1, -0.05) is 13.8 Å². The maximum atomic E-state index is 13.3. The number of carbonyl (C=O) groups is 1. The van der Waals surface area contributed by atoms with Gasteiger partial charge in [0, 0.05) is 28.1 Å². The van der Waals surface area contributed by atoms with Crippen LogP contribution in [0.4, 0.5) is 0 Å². The van der Waals surface area contributed by atoms with Crippen LogP contribution in [0.3, 0.4) is 0 Å². The lowest BCUT2D eigenvalue weighted by Gasteiger charge is -2.33. The van der Waals surface area contributed by atoms with Crippen LogP contribution in [0.25, 0.3) is 33.5 Å². The van der Waals surface area contributed by atoms with Crippen molar-refractivity contribution in [2.75, 3.05) is 0 Å². The molecule has 8 heteroatoms. The second-order valence-electron chi connectivity index (χ2n) is 8.69. The summed E-state index contributed by atoms with van der Waals surface area (Å²) in [5.41, 5.74) is 5.65. The van der Waals surface area contributed by atoms with Gasteiger partial charge in [-0.25, -0.2) is 9.78 Å². The third-order valence-electron chi connectivity index (χ3n) is 6.21. The van der Waals surface area contributed by atoms with E-state index in [1.165, 1.54) is 17.4 Å². The van der Waals surface area contributed by atoms with E-state index in [4.69, 9.17) is 9.15 Å². The molecule has 3 aromatic heterocycles. The summed E-state index contributed by atoms with van der Waals surface area (Å²) in [6.07, 6.45) is 2.95. The van der Waals surface area contributed by atoms with Crippen molar-refractivity contribution in [1.82, 2.24) is 9.55 Å². The topological polar surface area (TPSA) is 94.6 Å². The highest BCUT2D eigenvalue weighted by atomic mass is 32.1. The quantitative estimate of drug-likeness (QED) is 0.442. The Bertz CT molecular complexity index is 1440. The summed E-state index contributed by atoms with van der Waals surface area (Å²) < 4.78 is 14.0. The second kappa shape index (κ2) is 6.80. The van der Waals surface area contributed by atoms with Crippen molar-refractivity contribution in [3.05, 3.63) is 56.8 Å². The molecule has 0 radical (unpaired) electrons. The molecule has 4 aromatic rings. The maximum Gasteiger partial charge on any atom is 0.341 e. The molecule has 1 aliphatic carbocycles. The van der Waals surface area contributed by atoms with Crippen molar-refractivity contribution >= 4 is 28.3 Å². The number of carboxylic acids is 1. The first-order chi connectivity index (χ1) is 15.5. The van der Waals surface area contributed by atoms with Gasteiger partial charge < -0.3 is 18.8 Å². The van der Waals surface area contributed by atoms with Crippen LogP contribution in [0, 0.1) is 5.92 Å². The van der Waals surface area contributed by atoms with Crippen molar-refractivity contribution in [3.8, 4) is 28.3 Å². The zero-order chi connectivity index (χ0) is 22.1. The molecule has 1 aromatic carbocycles. The molecule has 1 fully saturated rings. The van der Waals surface area contributed by atoms with E-state index < -0.39 is 11.5 Å². The number of pyridine rings is 1. The number of fused-ring (bicyclic) bond motifs is 5. The highest BCUT2D eigenvalue weighted by Crippen LogP contribution is 2.52. The second-order valence-corrected chi connectivity index (χ2v) is 9.41. The molecule has 4 heterocycles. The van der Waals surface area contributed by atoms with E-state index in [0.29, 0.717) is 11.3 Å². The van der Waals surface area contributed by atoms with E-state index in [1.54, 1.807) is 16.3 Å². The van der Waals surface area contributed by atoms with E-state index in [2.05, 4.69) is 4.98 Å². The lowest BCUT2D eigenvalue weighted by atomic mass is 9.88. The Morgan fingerprint density at radius 1 is 1.28 bits per heavy atom. The number of nitrogens with zero attached hydrogens (tertiary/aromatic N) is 2. The summed E-state index contributed by atoms with van der Waals surface area (Å²) in [4.78, 5) is 29.7. The first-order valence-corrected chi connectivity index (χ1v) is 11.5. The first kappa shape index (κ1) is 19.3. The third-order valence-corrected chi connectivity index (χ3v) is 6.80. The average molecular weight is 449 g/mol. The summed E-state index contributed by atoms with van der Waals surface area (Å²) in [6, 6.07) is 5.34. The number of aromatic nitrogens is 2. The first-order valence-electron chi connectivity index (χ1n) is 10.6. The van der Waals surface area contributed by atoms with E-state index in [-0.39, 0.29) is 23.6 Å². The predicted molar refractivity (Wildman–Crippen MR) is 120 cm³/mol. The van der Waals surface area contributed by atoms with Gasteiger partial charge >= 0.3 is 5.97 Å². The highest BCUT2D eigenvalue weighted by Gasteiger charge is 2.38. The van der Waals surface area contributed by atoms with E-state index in [1.807, 2.05) is 31.4 Å². The van der Waals surface area contributed by atoms with Crippen LogP contribution in [-0.4, -0.2) is 20.6 Å². The molecule has 0 bridgehead atoms. The zero-order valence-corrected chi connectivity index (χ0v) is 18.3. The number of furan rings is 1. The van der Waals surface area contributed by atoms with Gasteiger partial charge in [-0.15, -0.1) is 11.3 Å². The Kier molecular flexibility index (Phi) is 4.10. The van der Waals surface area contributed by atoms with Crippen LogP contribution in [-0.2, 0) is 0 Å². The summed E-state index contributed by atoms with van der Waals surface area (Å²) in [5, 5.41) is 12.5. The van der Waals surface area contributed by atoms with Gasteiger partial charge in [0.1, 0.15) is 23.0 Å². The molecule has 0 saturated heterocycles. The van der Waals surface area contributed by atoms with Gasteiger partial charge in [0.15, 0.2) is 0 Å². The zero-order valence-electron chi connectivity index (χ0n) is 17.5. The smallest absolute Gasteiger partial charge is 0.341 e. The van der Waals surface area contributed by atoms with Gasteiger partial charge in [-0.3, -0.25) is 4.79 Å². The number of carboxylic acid groups (broad SMARTS) is 1. The molecule has 1 aliphatic heterocycles. The number of benzene rings is 1. The molecule has 0 spiro atoms. The third kappa shape index (κ3) is 2.69. The summed E-state index contributed by atoms with van der Waals surface area (Å²) in [7, 11) is 0. The number of hydrogen-bond donors (Lipinski definition) is 1. The van der Waals surface area contributed by atoms with Gasteiger partial charge in [-0.2, -0.15) is 0 Å². The molecule has 2 aliphatic rings. The van der Waals surface area contributed by atoms with Crippen LogP contribution in [0.2, 0.25) is 0 Å². The SMILES string of the molecule is CC(C)[C@@H]1Oc2c(cc(-c3cscn3)c3occc23)-c2c1cc(C(=O)O)c(=O)n2C1CC1. The van der Waals surface area contributed by atoms with Crippen LogP contribution >= 0.6 is 11.3 Å². The largest absolute Gasteiger partial charge is 0.484 e. The maximum absolute atomic E-state index is 13.3. The van der Waals surface area contributed by atoms with E-state index >= 15 is 0 Å². The average Bonchev–Trinajstić information content (AvgIpc) is 3.24. The lowest BCUT2D eigenvalue weighted by Crippen LogP contribution is -2.32. The van der Waals surface area contributed by atoms with Gasteiger partial charge in [-0.05, 0) is 37.0 Å². The van der Waals surface area contributed by atoms with Gasteiger partial charge in [0.05, 0.1) is 28.5 Å². The number of ether oxygens (including phenoxy) is 1. The van der Waals surface area contributed by atoms with Crippen LogP contribution in [0.1, 0.15) is 54.8 Å². The van der Waals surface area contributed by atoms with Crippen LogP contribution < -0.4 is 10.3 Å². The van der Waals surface area contributed by atoms with E-state index in [0.717, 1.165) is 46.3 Å². The van der Waals surface area contributed by atoms with Crippen molar-refractivity contribution < 1.29 is 19.1 Å². The highest BCUT2D eigenvalue weighted by molar-refractivity contribution is 7.07. The molecule has 0 unspecified atom stereocenters. The number of aromatic carboxylic acids is 1. The Hall–Kier alpha value is -3.39. The molecule has 162 valence electrons. The molecule has 6 rings (SSSR count). The molecule has 1 N–H and O–H groups in total. The van der Waals surface area contributed by atoms with Crippen LogP contribution in [0.15, 0.2) is 44.6 Å². The standard InChI is InChI=1S/C24H20N2O5S/c1-11(2)20-15-8-17(24(28)29)23(27)26(12-3-4-12)19(15)16-7-14(18-9-32-10-25-18)21-13(5-6-30-21)22(16)31-20/h5-12,20H,3-4H2,1-2H3,(H,28,29)/t20-/m0/s1. The van der Waals surface area contributed by atoms with Gasteiger partial charge in [0.25, 0.3) is 5.56 Å². The van der Waals surface area contributed by atoms with Crippen molar-refractivity contribution in [2.45, 2.75) is 38.8 Å². The van der Waals surface area contributed by atoms with Crippen LogP contribution in [0.5, 0.6) is 5.75 Å². The lowest BCUT2D eigenvalue weighted by molar-refractivity contribution is 0.0693. The fraction of sp³-hybridized carbons (Fsp3) is 0.292. The minimum atomic E-state index is -1.21. The normalized spacial score (nSPS) is 17.3. The Morgan fingerprint density at radius 3 is 2.75 bits per heavy atom. The minimum Gasteiger partial charge on any atom is -0.484 e. The summed E-state index contributed by atoms with van der Waals surface area (Å²) in [6.45, 7) is 4.06. The minimum absolute atomic E-state index is 0.00270. The van der Waals surface area contributed by atoms with Crippen molar-refractivity contribution in [3.63, 3.8) is 0 Å². The monoisotopic (exact) mass is 448 g/mol. The fourth-order valence-electron chi connectivity index (χ4n) is 4.63. The van der Waals surface area contributed by atoms with E-state index in [9.17, 15) is 14.7 Å². The molecule has 32 heavy (non-hydrogen) atoms. The van der Waals surface area contributed by atoms with Crippen molar-refractivity contribution in [1.29, 1.82) is 0 Å². The molecule has 7 nitrogen and oxygen atoms in total. The number of thiazole rings is 1. The molecular formula is C24H20N2O5S. The summed E-state index contributed by atoms with van der Waals surface area (Å²) >= 11 is 1.49. The van der Waals surface area contributed by atoms with Crippen molar-refractivity contribution in [2.24, 2.45) is 5.92 Å². The number of rotatable bonds is 4. The Morgan fingerprint density at radius 2 is 2.09 bits per heavy atom.